The SMILES string of the molecule is C=C(CNC(C)C)Cn1nc(C)ccc1=O. The summed E-state index contributed by atoms with van der Waals surface area (Å²) >= 11 is 0. The fraction of sp³-hybridized carbons (Fsp3) is 0.500. The van der Waals surface area contributed by atoms with Crippen LogP contribution in [0.3, 0.4) is 0 Å². The van der Waals surface area contributed by atoms with Crippen molar-refractivity contribution >= 4 is 0 Å². The molecule has 1 N–H and O–H groups in total. The van der Waals surface area contributed by atoms with Crippen LogP contribution in [-0.4, -0.2) is 22.4 Å². The van der Waals surface area contributed by atoms with E-state index >= 15 is 0 Å². The Bertz CT molecular complexity index is 421. The molecule has 1 rings (SSSR count). The average Bonchev–Trinajstić information content (AvgIpc) is 2.20. The minimum Gasteiger partial charge on any atom is -0.311 e. The van der Waals surface area contributed by atoms with Gasteiger partial charge in [0.05, 0.1) is 12.2 Å². The van der Waals surface area contributed by atoms with Gasteiger partial charge in [-0.05, 0) is 18.6 Å². The highest BCUT2D eigenvalue weighted by atomic mass is 16.1. The average molecular weight is 221 g/mol. The molecule has 0 saturated carbocycles. The highest BCUT2D eigenvalue weighted by Gasteiger charge is 2.01. The molecule has 0 aliphatic heterocycles. The predicted molar refractivity (Wildman–Crippen MR) is 65.5 cm³/mol. The van der Waals surface area contributed by atoms with Gasteiger partial charge in [-0.3, -0.25) is 4.79 Å². The number of nitrogens with one attached hydrogen (secondary N) is 1. The lowest BCUT2D eigenvalue weighted by atomic mass is 10.2. The lowest BCUT2D eigenvalue weighted by molar-refractivity contribution is 0.570. The Morgan fingerprint density at radius 1 is 1.56 bits per heavy atom. The molecule has 0 saturated heterocycles. The fourth-order valence-corrected chi connectivity index (χ4v) is 1.28. The van der Waals surface area contributed by atoms with E-state index in [1.54, 1.807) is 6.07 Å². The maximum atomic E-state index is 11.5. The second-order valence-corrected chi connectivity index (χ2v) is 4.26. The molecular weight excluding hydrogens is 202 g/mol. The van der Waals surface area contributed by atoms with Crippen LogP contribution in [0.4, 0.5) is 0 Å². The first-order chi connectivity index (χ1) is 7.49. The zero-order valence-electron chi connectivity index (χ0n) is 10.2. The minimum absolute atomic E-state index is 0.0868. The molecule has 0 amide bonds. The van der Waals surface area contributed by atoms with Crippen molar-refractivity contribution in [2.45, 2.75) is 33.4 Å². The summed E-state index contributed by atoms with van der Waals surface area (Å²) in [4.78, 5) is 11.5. The highest BCUT2D eigenvalue weighted by Crippen LogP contribution is 1.94. The van der Waals surface area contributed by atoms with Gasteiger partial charge in [-0.25, -0.2) is 4.68 Å². The maximum absolute atomic E-state index is 11.5. The summed E-state index contributed by atoms with van der Waals surface area (Å²) in [5, 5.41) is 7.41. The standard InChI is InChI=1S/C12H19N3O/c1-9(2)13-7-10(3)8-15-12(16)6-5-11(4)14-15/h5-6,9,13H,3,7-8H2,1-2,4H3. The molecule has 0 bridgehead atoms. The van der Waals surface area contributed by atoms with E-state index in [1.807, 2.05) is 6.92 Å². The van der Waals surface area contributed by atoms with Gasteiger partial charge < -0.3 is 5.32 Å². The summed E-state index contributed by atoms with van der Waals surface area (Å²) in [5.74, 6) is 0. The third kappa shape index (κ3) is 3.98. The van der Waals surface area contributed by atoms with Gasteiger partial charge in [0, 0.05) is 18.7 Å². The third-order valence-electron chi connectivity index (χ3n) is 2.13. The Hall–Kier alpha value is -1.42. The van der Waals surface area contributed by atoms with Gasteiger partial charge in [0.2, 0.25) is 0 Å². The van der Waals surface area contributed by atoms with E-state index in [0.29, 0.717) is 19.1 Å². The number of nitrogens with zero attached hydrogens (tertiary/aromatic N) is 2. The second kappa shape index (κ2) is 5.61. The normalized spacial score (nSPS) is 10.8. The molecule has 0 atom stereocenters. The Labute approximate surface area is 96.0 Å². The van der Waals surface area contributed by atoms with E-state index in [0.717, 1.165) is 11.3 Å². The topological polar surface area (TPSA) is 46.9 Å². The van der Waals surface area contributed by atoms with Crippen LogP contribution in [0, 0.1) is 6.92 Å². The van der Waals surface area contributed by atoms with Crippen LogP contribution in [-0.2, 0) is 6.54 Å². The monoisotopic (exact) mass is 221 g/mol. The minimum atomic E-state index is -0.0868. The first-order valence-corrected chi connectivity index (χ1v) is 5.44. The van der Waals surface area contributed by atoms with E-state index in [4.69, 9.17) is 0 Å². The molecule has 4 nitrogen and oxygen atoms in total. The Kier molecular flexibility index (Phi) is 4.43. The molecule has 0 fully saturated rings. The van der Waals surface area contributed by atoms with Gasteiger partial charge in [0.25, 0.3) is 5.56 Å². The summed E-state index contributed by atoms with van der Waals surface area (Å²) in [6, 6.07) is 3.67. The van der Waals surface area contributed by atoms with E-state index in [1.165, 1.54) is 10.7 Å². The molecule has 16 heavy (non-hydrogen) atoms. The molecule has 1 aromatic rings. The lowest BCUT2D eigenvalue weighted by Crippen LogP contribution is -2.29. The lowest BCUT2D eigenvalue weighted by Gasteiger charge is -2.11. The smallest absolute Gasteiger partial charge is 0.267 e. The van der Waals surface area contributed by atoms with Crippen molar-refractivity contribution in [3.8, 4) is 0 Å². The van der Waals surface area contributed by atoms with Crippen LogP contribution in [0.1, 0.15) is 19.5 Å². The van der Waals surface area contributed by atoms with Gasteiger partial charge in [-0.2, -0.15) is 5.10 Å². The largest absolute Gasteiger partial charge is 0.311 e. The van der Waals surface area contributed by atoms with Crippen LogP contribution in [0.15, 0.2) is 29.1 Å². The number of hydrogen-bond acceptors (Lipinski definition) is 3. The molecule has 0 spiro atoms. The maximum Gasteiger partial charge on any atom is 0.267 e. The van der Waals surface area contributed by atoms with Crippen molar-refractivity contribution < 1.29 is 0 Å². The summed E-state index contributed by atoms with van der Waals surface area (Å²) in [6.45, 7) is 11.1. The number of aryl methyl sites for hydroxylation is 1. The summed E-state index contributed by atoms with van der Waals surface area (Å²) < 4.78 is 1.44. The highest BCUT2D eigenvalue weighted by molar-refractivity contribution is 5.01. The van der Waals surface area contributed by atoms with Crippen LogP contribution in [0.2, 0.25) is 0 Å². The zero-order valence-corrected chi connectivity index (χ0v) is 10.2. The first kappa shape index (κ1) is 12.6. The molecule has 0 radical (unpaired) electrons. The van der Waals surface area contributed by atoms with Crippen molar-refractivity contribution in [3.63, 3.8) is 0 Å². The van der Waals surface area contributed by atoms with Gasteiger partial charge in [0.15, 0.2) is 0 Å². The summed E-state index contributed by atoms with van der Waals surface area (Å²) in [6.07, 6.45) is 0. The zero-order chi connectivity index (χ0) is 12.1. The number of rotatable bonds is 5. The van der Waals surface area contributed by atoms with Crippen molar-refractivity contribution in [2.75, 3.05) is 6.54 Å². The van der Waals surface area contributed by atoms with Crippen molar-refractivity contribution in [2.24, 2.45) is 0 Å². The molecule has 88 valence electrons. The third-order valence-corrected chi connectivity index (χ3v) is 2.13. The van der Waals surface area contributed by atoms with Crippen LogP contribution < -0.4 is 10.9 Å². The van der Waals surface area contributed by atoms with Crippen LogP contribution >= 0.6 is 0 Å². The number of hydrogen-bond donors (Lipinski definition) is 1. The number of aromatic nitrogens is 2. The molecule has 1 aromatic heterocycles. The molecule has 4 heteroatoms. The molecule has 0 aromatic carbocycles. The van der Waals surface area contributed by atoms with Gasteiger partial charge in [-0.15, -0.1) is 0 Å². The molecule has 0 aliphatic rings. The predicted octanol–water partition coefficient (Wildman–Crippen LogP) is 1.11. The molecule has 0 unspecified atom stereocenters. The fourth-order valence-electron chi connectivity index (χ4n) is 1.28. The van der Waals surface area contributed by atoms with Crippen molar-refractivity contribution in [3.05, 3.63) is 40.3 Å². The summed E-state index contributed by atoms with van der Waals surface area (Å²) in [7, 11) is 0. The molecular formula is C12H19N3O. The Balaban J connectivity index is 2.62. The first-order valence-electron chi connectivity index (χ1n) is 5.44. The van der Waals surface area contributed by atoms with Crippen LogP contribution in [0.25, 0.3) is 0 Å². The molecule has 0 aliphatic carbocycles. The molecule has 1 heterocycles. The van der Waals surface area contributed by atoms with E-state index < -0.39 is 0 Å². The van der Waals surface area contributed by atoms with E-state index in [9.17, 15) is 4.79 Å². The van der Waals surface area contributed by atoms with Crippen LogP contribution in [0.5, 0.6) is 0 Å². The summed E-state index contributed by atoms with van der Waals surface area (Å²) in [5.41, 5.74) is 1.70. The van der Waals surface area contributed by atoms with Crippen molar-refractivity contribution in [1.82, 2.24) is 15.1 Å². The van der Waals surface area contributed by atoms with Gasteiger partial charge in [0.1, 0.15) is 0 Å². The quantitative estimate of drug-likeness (QED) is 0.758. The van der Waals surface area contributed by atoms with Crippen molar-refractivity contribution in [1.29, 1.82) is 0 Å². The van der Waals surface area contributed by atoms with E-state index in [2.05, 4.69) is 30.8 Å². The van der Waals surface area contributed by atoms with Gasteiger partial charge in [-0.1, -0.05) is 20.4 Å². The van der Waals surface area contributed by atoms with E-state index in [-0.39, 0.29) is 5.56 Å². The second-order valence-electron chi connectivity index (χ2n) is 4.26. The Morgan fingerprint density at radius 3 is 2.88 bits per heavy atom. The Morgan fingerprint density at radius 2 is 2.25 bits per heavy atom. The van der Waals surface area contributed by atoms with Gasteiger partial charge >= 0.3 is 0 Å².